The fraction of sp³-hybridized carbons (Fsp3) is 0.944. The highest BCUT2D eigenvalue weighted by atomic mass is 16.5. The van der Waals surface area contributed by atoms with Gasteiger partial charge < -0.3 is 20.5 Å². The first kappa shape index (κ1) is 18.5. The number of guanidine groups is 1. The topological polar surface area (TPSA) is 65.9 Å². The molecule has 0 aromatic rings. The Morgan fingerprint density at radius 3 is 2.78 bits per heavy atom. The quantitative estimate of drug-likeness (QED) is 0.346. The summed E-state index contributed by atoms with van der Waals surface area (Å²) in [5.41, 5.74) is 0.0287. The lowest BCUT2D eigenvalue weighted by molar-refractivity contribution is 0.131. The average Bonchev–Trinajstić information content (AvgIpc) is 3.22. The summed E-state index contributed by atoms with van der Waals surface area (Å²) in [5, 5.41) is 16.1. The zero-order chi connectivity index (χ0) is 16.4. The van der Waals surface area contributed by atoms with Gasteiger partial charge in [-0.2, -0.15) is 0 Å². The van der Waals surface area contributed by atoms with Gasteiger partial charge >= 0.3 is 0 Å². The Bertz CT molecular complexity index is 348. The maximum atomic E-state index is 9.30. The summed E-state index contributed by atoms with van der Waals surface area (Å²) < 4.78 is 5.54. The fourth-order valence-electron chi connectivity index (χ4n) is 3.77. The Morgan fingerprint density at radius 2 is 2.13 bits per heavy atom. The molecule has 0 aromatic carbocycles. The molecule has 1 aliphatic heterocycles. The van der Waals surface area contributed by atoms with E-state index in [1.54, 1.807) is 0 Å². The normalized spacial score (nSPS) is 25.9. The zero-order valence-electron chi connectivity index (χ0n) is 14.8. The van der Waals surface area contributed by atoms with Gasteiger partial charge in [0.25, 0.3) is 0 Å². The van der Waals surface area contributed by atoms with Gasteiger partial charge in [-0.25, -0.2) is 0 Å². The Balaban J connectivity index is 1.74. The minimum atomic E-state index is 0.0287. The summed E-state index contributed by atoms with van der Waals surface area (Å²) in [4.78, 5) is 4.76. The van der Waals surface area contributed by atoms with Crippen LogP contribution in [-0.4, -0.2) is 50.5 Å². The van der Waals surface area contributed by atoms with Crippen LogP contribution in [0.3, 0.4) is 0 Å². The predicted molar refractivity (Wildman–Crippen MR) is 94.7 cm³/mol. The van der Waals surface area contributed by atoms with E-state index in [-0.39, 0.29) is 12.0 Å². The van der Waals surface area contributed by atoms with Gasteiger partial charge in [0.1, 0.15) is 0 Å². The largest absolute Gasteiger partial charge is 0.396 e. The van der Waals surface area contributed by atoms with Crippen LogP contribution in [-0.2, 0) is 4.74 Å². The highest BCUT2D eigenvalue weighted by molar-refractivity contribution is 5.79. The van der Waals surface area contributed by atoms with E-state index >= 15 is 0 Å². The van der Waals surface area contributed by atoms with Crippen molar-refractivity contribution in [3.8, 4) is 0 Å². The van der Waals surface area contributed by atoms with Gasteiger partial charge in [0.15, 0.2) is 5.96 Å². The number of ether oxygens (including phenoxy) is 1. The van der Waals surface area contributed by atoms with Crippen molar-refractivity contribution in [2.24, 2.45) is 16.3 Å². The Hall–Kier alpha value is -0.810. The van der Waals surface area contributed by atoms with Crippen LogP contribution in [0.25, 0.3) is 0 Å². The van der Waals surface area contributed by atoms with Crippen LogP contribution in [0.1, 0.15) is 58.3 Å². The van der Waals surface area contributed by atoms with Crippen molar-refractivity contribution in [2.75, 3.05) is 39.5 Å². The molecule has 0 radical (unpaired) electrons. The molecule has 134 valence electrons. The molecule has 0 amide bonds. The molecule has 2 fully saturated rings. The minimum absolute atomic E-state index is 0.0287. The molecule has 1 unspecified atom stereocenters. The van der Waals surface area contributed by atoms with Crippen molar-refractivity contribution in [1.82, 2.24) is 10.6 Å². The highest BCUT2D eigenvalue weighted by Crippen LogP contribution is 2.32. The highest BCUT2D eigenvalue weighted by Gasteiger charge is 2.34. The number of rotatable bonds is 9. The van der Waals surface area contributed by atoms with E-state index in [0.29, 0.717) is 0 Å². The van der Waals surface area contributed by atoms with E-state index in [2.05, 4.69) is 17.6 Å². The second kappa shape index (κ2) is 10.1. The molecule has 1 saturated heterocycles. The number of aliphatic hydroxyl groups excluding tert-OH is 1. The van der Waals surface area contributed by atoms with Crippen LogP contribution in [0, 0.1) is 11.3 Å². The molecule has 5 nitrogen and oxygen atoms in total. The van der Waals surface area contributed by atoms with Crippen LogP contribution >= 0.6 is 0 Å². The van der Waals surface area contributed by atoms with E-state index in [0.717, 1.165) is 57.6 Å². The van der Waals surface area contributed by atoms with Gasteiger partial charge in [0, 0.05) is 31.7 Å². The first-order valence-corrected chi connectivity index (χ1v) is 9.49. The molecule has 1 aliphatic carbocycles. The lowest BCUT2D eigenvalue weighted by atomic mass is 9.84. The van der Waals surface area contributed by atoms with Crippen LogP contribution in [0.15, 0.2) is 4.99 Å². The number of hydrogen-bond acceptors (Lipinski definition) is 3. The van der Waals surface area contributed by atoms with E-state index < -0.39 is 0 Å². The van der Waals surface area contributed by atoms with Crippen molar-refractivity contribution in [1.29, 1.82) is 0 Å². The van der Waals surface area contributed by atoms with Gasteiger partial charge in [-0.1, -0.05) is 25.7 Å². The maximum Gasteiger partial charge on any atom is 0.191 e. The summed E-state index contributed by atoms with van der Waals surface area (Å²) >= 11 is 0. The number of aliphatic hydroxyl groups is 1. The molecule has 1 heterocycles. The fourth-order valence-corrected chi connectivity index (χ4v) is 3.77. The van der Waals surface area contributed by atoms with E-state index in [1.807, 2.05) is 0 Å². The predicted octanol–water partition coefficient (Wildman–Crippen LogP) is 2.30. The summed E-state index contributed by atoms with van der Waals surface area (Å²) in [6.07, 6.45) is 10.1. The molecule has 0 aromatic heterocycles. The van der Waals surface area contributed by atoms with Gasteiger partial charge in [-0.15, -0.1) is 0 Å². The number of hydrogen-bond donors (Lipinski definition) is 3. The Kier molecular flexibility index (Phi) is 8.17. The summed E-state index contributed by atoms with van der Waals surface area (Å²) in [6.45, 7) is 6.41. The van der Waals surface area contributed by atoms with E-state index in [4.69, 9.17) is 9.73 Å². The summed E-state index contributed by atoms with van der Waals surface area (Å²) in [7, 11) is 0. The van der Waals surface area contributed by atoms with Crippen LogP contribution in [0.4, 0.5) is 0 Å². The molecule has 5 heteroatoms. The van der Waals surface area contributed by atoms with Crippen molar-refractivity contribution in [3.05, 3.63) is 0 Å². The third kappa shape index (κ3) is 6.30. The molecular weight excluding hydrogens is 290 g/mol. The summed E-state index contributed by atoms with van der Waals surface area (Å²) in [6, 6.07) is 0. The lowest BCUT2D eigenvalue weighted by Gasteiger charge is -2.24. The average molecular weight is 325 g/mol. The second-order valence-electron chi connectivity index (χ2n) is 7.19. The van der Waals surface area contributed by atoms with E-state index in [9.17, 15) is 5.11 Å². The third-order valence-corrected chi connectivity index (χ3v) is 5.30. The molecule has 2 rings (SSSR count). The molecule has 3 N–H and O–H groups in total. The van der Waals surface area contributed by atoms with Crippen molar-refractivity contribution in [2.45, 2.75) is 58.3 Å². The molecule has 0 spiro atoms. The number of aliphatic imine (C=N–C) groups is 1. The summed E-state index contributed by atoms with van der Waals surface area (Å²) in [5.74, 6) is 1.86. The molecule has 1 saturated carbocycles. The number of nitrogens with one attached hydrogen (secondary N) is 2. The molecule has 1 atom stereocenters. The van der Waals surface area contributed by atoms with Crippen LogP contribution in [0.2, 0.25) is 0 Å². The standard InChI is InChI=1S/C18H35N3O2/c1-2-19-17(20-11-5-8-16-6-3-4-7-16)21-14-18(9-12-22)10-13-23-15-18/h16,22H,2-15H2,1H3,(H2,19,20,21). The SMILES string of the molecule is CCNC(=NCC1(CCO)CCOC1)NCCCC1CCCC1. The first-order valence-electron chi connectivity index (χ1n) is 9.49. The molecule has 23 heavy (non-hydrogen) atoms. The van der Waals surface area contributed by atoms with Gasteiger partial charge in [0.05, 0.1) is 13.2 Å². The third-order valence-electron chi connectivity index (χ3n) is 5.30. The lowest BCUT2D eigenvalue weighted by Crippen LogP contribution is -2.39. The monoisotopic (exact) mass is 325 g/mol. The first-order chi connectivity index (χ1) is 11.3. The minimum Gasteiger partial charge on any atom is -0.396 e. The van der Waals surface area contributed by atoms with E-state index in [1.165, 1.54) is 38.5 Å². The maximum absolute atomic E-state index is 9.30. The van der Waals surface area contributed by atoms with Crippen LogP contribution < -0.4 is 10.6 Å². The molecule has 2 aliphatic rings. The number of nitrogens with zero attached hydrogens (tertiary/aromatic N) is 1. The Labute approximate surface area is 141 Å². The molecular formula is C18H35N3O2. The van der Waals surface area contributed by atoms with Gasteiger partial charge in [0.2, 0.25) is 0 Å². The van der Waals surface area contributed by atoms with Gasteiger partial charge in [-0.05, 0) is 38.5 Å². The second-order valence-corrected chi connectivity index (χ2v) is 7.19. The van der Waals surface area contributed by atoms with Crippen molar-refractivity contribution >= 4 is 5.96 Å². The van der Waals surface area contributed by atoms with Gasteiger partial charge in [-0.3, -0.25) is 4.99 Å². The molecule has 0 bridgehead atoms. The van der Waals surface area contributed by atoms with Crippen LogP contribution in [0.5, 0.6) is 0 Å². The smallest absolute Gasteiger partial charge is 0.191 e. The zero-order valence-corrected chi connectivity index (χ0v) is 14.8. The van der Waals surface area contributed by atoms with Crippen molar-refractivity contribution < 1.29 is 9.84 Å². The Morgan fingerprint density at radius 1 is 1.30 bits per heavy atom. The van der Waals surface area contributed by atoms with Crippen molar-refractivity contribution in [3.63, 3.8) is 0 Å².